The summed E-state index contributed by atoms with van der Waals surface area (Å²) in [5, 5.41) is 6.75. The summed E-state index contributed by atoms with van der Waals surface area (Å²) in [4.78, 5) is 17.4. The molecule has 1 aromatic heterocycles. The van der Waals surface area contributed by atoms with Gasteiger partial charge in [-0.1, -0.05) is 75.2 Å². The van der Waals surface area contributed by atoms with Gasteiger partial charge in [-0.2, -0.15) is 13.2 Å². The number of carbonyl (C=O) groups is 1. The molecular formula is C37H45F3N4O2. The summed E-state index contributed by atoms with van der Waals surface area (Å²) in [6.07, 6.45) is 0.235. The maximum atomic E-state index is 13.7. The minimum absolute atomic E-state index is 0.00820. The van der Waals surface area contributed by atoms with Crippen LogP contribution < -0.4 is 15.4 Å². The highest BCUT2D eigenvalue weighted by molar-refractivity contribution is 5.93. The normalized spacial score (nSPS) is 16.5. The Bertz CT molecular complexity index is 1560. The number of aromatic nitrogens is 1. The molecule has 0 spiro atoms. The lowest BCUT2D eigenvalue weighted by Crippen LogP contribution is -2.33. The van der Waals surface area contributed by atoms with Gasteiger partial charge in [-0.15, -0.1) is 0 Å². The number of nitrogens with zero attached hydrogens (tertiary/aromatic N) is 2. The molecule has 1 aliphatic heterocycles. The third-order valence-corrected chi connectivity index (χ3v) is 8.02. The van der Waals surface area contributed by atoms with E-state index in [1.165, 1.54) is 26.2 Å². The summed E-state index contributed by atoms with van der Waals surface area (Å²) in [5.74, 6) is 0.864. The molecule has 6 nitrogen and oxygen atoms in total. The number of hydrogen-bond donors (Lipinski definition) is 2. The second-order valence-corrected chi connectivity index (χ2v) is 12.1. The van der Waals surface area contributed by atoms with Crippen LogP contribution in [0, 0.1) is 12.8 Å². The topological polar surface area (TPSA) is 66.5 Å². The minimum Gasteiger partial charge on any atom is -0.492 e. The molecule has 9 heteroatoms. The first-order valence-electron chi connectivity index (χ1n) is 16.0. The summed E-state index contributed by atoms with van der Waals surface area (Å²) in [6.45, 7) is 10.5. The third-order valence-electron chi connectivity index (χ3n) is 8.02. The summed E-state index contributed by atoms with van der Waals surface area (Å²) >= 11 is 0. The average molecular weight is 635 g/mol. The zero-order valence-corrected chi connectivity index (χ0v) is 27.2. The van der Waals surface area contributed by atoms with Gasteiger partial charge in [0.15, 0.2) is 0 Å². The van der Waals surface area contributed by atoms with E-state index in [4.69, 9.17) is 4.74 Å². The molecule has 246 valence electrons. The van der Waals surface area contributed by atoms with E-state index in [-0.39, 0.29) is 11.7 Å². The summed E-state index contributed by atoms with van der Waals surface area (Å²) in [6, 6.07) is 23.6. The van der Waals surface area contributed by atoms with Crippen LogP contribution in [0.2, 0.25) is 0 Å². The standard InChI is InChI=1S/C28H34F3N3O.C9H11NO/c1-4-5-8-23-13-19(2)18-34(23)11-12-35-24-16-21(28(29,30)31)15-22(17-24)33-27-14-20(3)32-26-10-7-6-9-25(26)27;1-8(11)10-7-9-5-3-2-4-6-9/h6-7,9-10,14-17,19,23H,4-5,8,11-13,18H2,1-3H3,(H,32,33);2-6H,7H2,1H3,(H,10,11). The Morgan fingerprint density at radius 3 is 2.50 bits per heavy atom. The number of ether oxygens (including phenoxy) is 1. The van der Waals surface area contributed by atoms with Gasteiger partial charge in [0.05, 0.1) is 11.1 Å². The van der Waals surface area contributed by atoms with Crippen molar-refractivity contribution in [3.63, 3.8) is 0 Å². The molecule has 46 heavy (non-hydrogen) atoms. The molecule has 5 rings (SSSR count). The highest BCUT2D eigenvalue weighted by Gasteiger charge is 2.32. The Balaban J connectivity index is 0.000000369. The molecule has 0 aliphatic carbocycles. The van der Waals surface area contributed by atoms with Gasteiger partial charge in [0.25, 0.3) is 0 Å². The summed E-state index contributed by atoms with van der Waals surface area (Å²) in [7, 11) is 0. The van der Waals surface area contributed by atoms with E-state index < -0.39 is 11.7 Å². The van der Waals surface area contributed by atoms with Crippen LogP contribution in [-0.4, -0.2) is 41.5 Å². The number of benzene rings is 3. The van der Waals surface area contributed by atoms with Gasteiger partial charge in [-0.25, -0.2) is 0 Å². The molecule has 1 saturated heterocycles. The Morgan fingerprint density at radius 1 is 1.04 bits per heavy atom. The van der Waals surface area contributed by atoms with E-state index in [2.05, 4.69) is 34.4 Å². The molecular weight excluding hydrogens is 589 g/mol. The van der Waals surface area contributed by atoms with Crippen LogP contribution >= 0.6 is 0 Å². The Kier molecular flexibility index (Phi) is 12.4. The van der Waals surface area contributed by atoms with Crippen LogP contribution in [0.5, 0.6) is 5.75 Å². The fourth-order valence-electron chi connectivity index (χ4n) is 5.84. The lowest BCUT2D eigenvalue weighted by molar-refractivity contribution is -0.137. The van der Waals surface area contributed by atoms with Crippen LogP contribution in [0.3, 0.4) is 0 Å². The van der Waals surface area contributed by atoms with Gasteiger partial charge in [0.1, 0.15) is 12.4 Å². The second kappa shape index (κ2) is 16.5. The number of unbranched alkanes of at least 4 members (excludes halogenated alkanes) is 1. The zero-order chi connectivity index (χ0) is 33.1. The van der Waals surface area contributed by atoms with E-state index in [0.29, 0.717) is 43.0 Å². The fourth-order valence-corrected chi connectivity index (χ4v) is 5.84. The maximum Gasteiger partial charge on any atom is 0.416 e. The van der Waals surface area contributed by atoms with Gasteiger partial charge in [0, 0.05) is 61.1 Å². The number of rotatable bonds is 11. The van der Waals surface area contributed by atoms with Crippen molar-refractivity contribution in [3.8, 4) is 5.75 Å². The highest BCUT2D eigenvalue weighted by Crippen LogP contribution is 2.36. The SMILES string of the molecule is CC(=O)NCc1ccccc1.CCCCC1CC(C)CN1CCOc1cc(Nc2cc(C)nc3ccccc23)cc(C(F)(F)F)c1. The number of amides is 1. The molecule has 1 fully saturated rings. The molecule has 4 aromatic rings. The van der Waals surface area contributed by atoms with Crippen LogP contribution in [0.4, 0.5) is 24.5 Å². The lowest BCUT2D eigenvalue weighted by atomic mass is 10.0. The number of likely N-dealkylation sites (tertiary alicyclic amines) is 1. The van der Waals surface area contributed by atoms with Crippen molar-refractivity contribution in [2.45, 2.75) is 72.1 Å². The molecule has 0 bridgehead atoms. The molecule has 0 saturated carbocycles. The first-order valence-corrected chi connectivity index (χ1v) is 16.0. The number of para-hydroxylation sites is 1. The number of alkyl halides is 3. The van der Waals surface area contributed by atoms with Gasteiger partial charge in [-0.3, -0.25) is 14.7 Å². The van der Waals surface area contributed by atoms with Gasteiger partial charge >= 0.3 is 6.18 Å². The number of aryl methyl sites for hydroxylation is 1. The quantitative estimate of drug-likeness (QED) is 0.173. The van der Waals surface area contributed by atoms with Crippen molar-refractivity contribution >= 4 is 28.2 Å². The monoisotopic (exact) mass is 634 g/mol. The van der Waals surface area contributed by atoms with Crippen molar-refractivity contribution in [3.05, 3.63) is 95.7 Å². The van der Waals surface area contributed by atoms with Crippen molar-refractivity contribution < 1.29 is 22.7 Å². The van der Waals surface area contributed by atoms with E-state index in [1.807, 2.05) is 67.6 Å². The number of anilines is 2. The molecule has 2 heterocycles. The van der Waals surface area contributed by atoms with Gasteiger partial charge < -0.3 is 15.4 Å². The van der Waals surface area contributed by atoms with Gasteiger partial charge in [0.2, 0.25) is 5.91 Å². The molecule has 2 unspecified atom stereocenters. The maximum absolute atomic E-state index is 13.7. The molecule has 2 atom stereocenters. The molecule has 0 radical (unpaired) electrons. The predicted molar refractivity (Wildman–Crippen MR) is 179 cm³/mol. The van der Waals surface area contributed by atoms with Crippen LogP contribution in [0.1, 0.15) is 63.3 Å². The Morgan fingerprint density at radius 2 is 1.78 bits per heavy atom. The number of halogens is 3. The highest BCUT2D eigenvalue weighted by atomic mass is 19.4. The summed E-state index contributed by atoms with van der Waals surface area (Å²) < 4.78 is 46.9. The van der Waals surface area contributed by atoms with E-state index in [0.717, 1.165) is 47.3 Å². The van der Waals surface area contributed by atoms with Gasteiger partial charge in [-0.05, 0) is 55.5 Å². The Labute approximate surface area is 270 Å². The molecule has 3 aromatic carbocycles. The fraction of sp³-hybridized carbons (Fsp3) is 0.405. The summed E-state index contributed by atoms with van der Waals surface area (Å²) in [5.41, 5.74) is 3.01. The smallest absolute Gasteiger partial charge is 0.416 e. The minimum atomic E-state index is -4.47. The number of hydrogen-bond acceptors (Lipinski definition) is 5. The average Bonchev–Trinajstić information content (AvgIpc) is 3.38. The third kappa shape index (κ3) is 10.5. The number of nitrogens with one attached hydrogen (secondary N) is 2. The van der Waals surface area contributed by atoms with Crippen LogP contribution in [-0.2, 0) is 17.5 Å². The van der Waals surface area contributed by atoms with E-state index in [1.54, 1.807) is 6.07 Å². The first-order chi connectivity index (χ1) is 22.0. The Hall–Kier alpha value is -4.11. The molecule has 1 aliphatic rings. The van der Waals surface area contributed by atoms with Crippen molar-refractivity contribution in [2.24, 2.45) is 5.92 Å². The number of pyridine rings is 1. The molecule has 1 amide bonds. The van der Waals surface area contributed by atoms with E-state index in [9.17, 15) is 18.0 Å². The van der Waals surface area contributed by atoms with Crippen LogP contribution in [0.25, 0.3) is 10.9 Å². The van der Waals surface area contributed by atoms with Crippen LogP contribution in [0.15, 0.2) is 78.9 Å². The lowest BCUT2D eigenvalue weighted by Gasteiger charge is -2.24. The van der Waals surface area contributed by atoms with Crippen molar-refractivity contribution in [2.75, 3.05) is 25.0 Å². The van der Waals surface area contributed by atoms with Crippen molar-refractivity contribution in [1.82, 2.24) is 15.2 Å². The first kappa shape index (κ1) is 34.8. The second-order valence-electron chi connectivity index (χ2n) is 12.1. The largest absolute Gasteiger partial charge is 0.492 e. The molecule has 2 N–H and O–H groups in total. The number of carbonyl (C=O) groups excluding carboxylic acids is 1. The van der Waals surface area contributed by atoms with Crippen molar-refractivity contribution in [1.29, 1.82) is 0 Å². The zero-order valence-electron chi connectivity index (χ0n) is 27.2. The number of fused-ring (bicyclic) bond motifs is 1. The van der Waals surface area contributed by atoms with E-state index >= 15 is 0 Å². The predicted octanol–water partition coefficient (Wildman–Crippen LogP) is 8.91.